The van der Waals surface area contributed by atoms with Gasteiger partial charge in [-0.2, -0.15) is 5.10 Å². The van der Waals surface area contributed by atoms with Crippen LogP contribution in [-0.4, -0.2) is 19.7 Å². The van der Waals surface area contributed by atoms with Crippen molar-refractivity contribution in [2.45, 2.75) is 6.92 Å². The van der Waals surface area contributed by atoms with Crippen LogP contribution in [-0.2, 0) is 7.05 Å². The number of aryl methyl sites for hydroxylation is 2. The van der Waals surface area contributed by atoms with E-state index in [4.69, 9.17) is 11.6 Å². The third-order valence-corrected chi connectivity index (χ3v) is 2.22. The van der Waals surface area contributed by atoms with E-state index in [0.29, 0.717) is 5.15 Å². The third kappa shape index (κ3) is 1.61. The van der Waals surface area contributed by atoms with Crippen molar-refractivity contribution in [3.63, 3.8) is 0 Å². The molecule has 0 aromatic carbocycles. The molecule has 0 atom stereocenters. The van der Waals surface area contributed by atoms with Gasteiger partial charge in [-0.3, -0.25) is 4.68 Å². The van der Waals surface area contributed by atoms with Crippen LogP contribution in [0.25, 0.3) is 11.4 Å². The molecule has 5 heteroatoms. The smallest absolute Gasteiger partial charge is 0.133 e. The lowest BCUT2D eigenvalue weighted by Crippen LogP contribution is -1.93. The fourth-order valence-electron chi connectivity index (χ4n) is 1.16. The predicted octanol–water partition coefficient (Wildman–Crippen LogP) is 1.84. The first-order valence-corrected chi connectivity index (χ1v) is 4.53. The zero-order chi connectivity index (χ0) is 10.1. The van der Waals surface area contributed by atoms with Gasteiger partial charge in [-0.1, -0.05) is 11.6 Å². The second kappa shape index (κ2) is 3.38. The van der Waals surface area contributed by atoms with E-state index in [-0.39, 0.29) is 0 Å². The van der Waals surface area contributed by atoms with Gasteiger partial charge in [0.2, 0.25) is 0 Å². The Morgan fingerprint density at radius 1 is 1.21 bits per heavy atom. The lowest BCUT2D eigenvalue weighted by atomic mass is 10.3. The van der Waals surface area contributed by atoms with Gasteiger partial charge in [-0.05, 0) is 13.0 Å². The van der Waals surface area contributed by atoms with Gasteiger partial charge >= 0.3 is 0 Å². The first-order valence-electron chi connectivity index (χ1n) is 4.15. The molecule has 0 saturated heterocycles. The quantitative estimate of drug-likeness (QED) is 0.672. The number of aromatic nitrogens is 4. The molecular weight excluding hydrogens is 200 g/mol. The van der Waals surface area contributed by atoms with E-state index >= 15 is 0 Å². The molecular formula is C9H9ClN4. The van der Waals surface area contributed by atoms with Crippen molar-refractivity contribution in [1.29, 1.82) is 0 Å². The van der Waals surface area contributed by atoms with E-state index in [1.165, 1.54) is 6.33 Å². The number of hydrogen-bond donors (Lipinski definition) is 0. The van der Waals surface area contributed by atoms with Gasteiger partial charge in [0.1, 0.15) is 17.2 Å². The summed E-state index contributed by atoms with van der Waals surface area (Å²) in [6.45, 7) is 1.99. The van der Waals surface area contributed by atoms with Gasteiger partial charge < -0.3 is 0 Å². The van der Waals surface area contributed by atoms with Crippen LogP contribution in [0.3, 0.4) is 0 Å². The molecule has 2 rings (SSSR count). The van der Waals surface area contributed by atoms with E-state index < -0.39 is 0 Å². The molecule has 0 aliphatic heterocycles. The van der Waals surface area contributed by atoms with E-state index in [0.717, 1.165) is 17.1 Å². The van der Waals surface area contributed by atoms with Crippen LogP contribution < -0.4 is 0 Å². The van der Waals surface area contributed by atoms with Crippen molar-refractivity contribution in [2.75, 3.05) is 0 Å². The number of hydrogen-bond acceptors (Lipinski definition) is 3. The summed E-state index contributed by atoms with van der Waals surface area (Å²) in [7, 11) is 1.89. The van der Waals surface area contributed by atoms with Gasteiger partial charge in [0.25, 0.3) is 0 Å². The number of halogens is 1. The molecule has 0 fully saturated rings. The molecule has 0 aliphatic carbocycles. The summed E-state index contributed by atoms with van der Waals surface area (Å²) in [6, 6.07) is 3.65. The Kier molecular flexibility index (Phi) is 2.21. The minimum Gasteiger partial charge on any atom is -0.272 e. The van der Waals surface area contributed by atoms with Gasteiger partial charge in [0.05, 0.1) is 5.69 Å². The van der Waals surface area contributed by atoms with Crippen molar-refractivity contribution in [1.82, 2.24) is 19.7 Å². The van der Waals surface area contributed by atoms with Gasteiger partial charge in [-0.25, -0.2) is 9.97 Å². The highest BCUT2D eigenvalue weighted by Crippen LogP contribution is 2.17. The molecule has 0 bridgehead atoms. The Bertz CT molecular complexity index is 444. The molecule has 0 aliphatic rings. The Morgan fingerprint density at radius 2 is 2.00 bits per heavy atom. The van der Waals surface area contributed by atoms with Gasteiger partial charge in [0.15, 0.2) is 0 Å². The van der Waals surface area contributed by atoms with Crippen LogP contribution in [0.1, 0.15) is 5.69 Å². The highest BCUT2D eigenvalue weighted by atomic mass is 35.5. The van der Waals surface area contributed by atoms with Crippen LogP contribution in [0.5, 0.6) is 0 Å². The molecule has 0 saturated carbocycles. The Labute approximate surface area is 86.6 Å². The molecule has 2 aromatic rings. The highest BCUT2D eigenvalue weighted by Gasteiger charge is 2.05. The minimum atomic E-state index is 0.429. The van der Waals surface area contributed by atoms with E-state index in [1.54, 1.807) is 10.7 Å². The monoisotopic (exact) mass is 208 g/mol. The summed E-state index contributed by atoms with van der Waals surface area (Å²) >= 11 is 5.76. The fraction of sp³-hybridized carbons (Fsp3) is 0.222. The average Bonchev–Trinajstić information content (AvgIpc) is 2.47. The van der Waals surface area contributed by atoms with Crippen molar-refractivity contribution >= 4 is 11.6 Å². The lowest BCUT2D eigenvalue weighted by molar-refractivity contribution is 0.742. The molecule has 0 N–H and O–H groups in total. The molecule has 2 aromatic heterocycles. The maximum Gasteiger partial charge on any atom is 0.133 e. The minimum absolute atomic E-state index is 0.429. The summed E-state index contributed by atoms with van der Waals surface area (Å²) in [5.74, 6) is 0. The normalized spacial score (nSPS) is 10.5. The van der Waals surface area contributed by atoms with Gasteiger partial charge in [0, 0.05) is 18.8 Å². The standard InChI is InChI=1S/C9H9ClN4/c1-6-3-8(13-14(6)2)7-4-9(10)12-5-11-7/h3-5H,1-2H3. The predicted molar refractivity (Wildman–Crippen MR) is 54.0 cm³/mol. The molecule has 0 spiro atoms. The first-order chi connectivity index (χ1) is 6.66. The maximum atomic E-state index is 5.76. The van der Waals surface area contributed by atoms with Crippen LogP contribution in [0, 0.1) is 6.92 Å². The SMILES string of the molecule is Cc1cc(-c2cc(Cl)ncn2)nn1C. The maximum absolute atomic E-state index is 5.76. The number of rotatable bonds is 1. The van der Waals surface area contributed by atoms with Gasteiger partial charge in [-0.15, -0.1) is 0 Å². The van der Waals surface area contributed by atoms with Crippen molar-refractivity contribution in [3.05, 3.63) is 29.3 Å². The second-order valence-corrected chi connectivity index (χ2v) is 3.41. The summed E-state index contributed by atoms with van der Waals surface area (Å²) in [5.41, 5.74) is 2.64. The van der Waals surface area contributed by atoms with E-state index in [2.05, 4.69) is 15.1 Å². The second-order valence-electron chi connectivity index (χ2n) is 3.02. The van der Waals surface area contributed by atoms with Crippen LogP contribution >= 0.6 is 11.6 Å². The highest BCUT2D eigenvalue weighted by molar-refractivity contribution is 6.29. The Morgan fingerprint density at radius 3 is 2.57 bits per heavy atom. The number of nitrogens with zero attached hydrogens (tertiary/aromatic N) is 4. The zero-order valence-electron chi connectivity index (χ0n) is 7.90. The van der Waals surface area contributed by atoms with Crippen molar-refractivity contribution in [3.8, 4) is 11.4 Å². The molecule has 0 amide bonds. The summed E-state index contributed by atoms with van der Waals surface area (Å²) in [4.78, 5) is 7.91. The van der Waals surface area contributed by atoms with E-state index in [9.17, 15) is 0 Å². The lowest BCUT2D eigenvalue weighted by Gasteiger charge is -1.94. The Hall–Kier alpha value is -1.42. The van der Waals surface area contributed by atoms with Crippen molar-refractivity contribution in [2.24, 2.45) is 7.05 Å². The summed E-state index contributed by atoms with van der Waals surface area (Å²) in [5, 5.41) is 4.72. The zero-order valence-corrected chi connectivity index (χ0v) is 8.65. The molecule has 14 heavy (non-hydrogen) atoms. The van der Waals surface area contributed by atoms with E-state index in [1.807, 2.05) is 20.0 Å². The summed E-state index contributed by atoms with van der Waals surface area (Å²) < 4.78 is 1.80. The Balaban J connectivity index is 2.49. The summed E-state index contributed by atoms with van der Waals surface area (Å²) in [6.07, 6.45) is 1.43. The average molecular weight is 209 g/mol. The van der Waals surface area contributed by atoms with Crippen LogP contribution in [0.2, 0.25) is 5.15 Å². The molecule has 4 nitrogen and oxygen atoms in total. The molecule has 72 valence electrons. The van der Waals surface area contributed by atoms with Crippen LogP contribution in [0.15, 0.2) is 18.5 Å². The first kappa shape index (κ1) is 9.15. The fourth-order valence-corrected chi connectivity index (χ4v) is 1.31. The molecule has 0 unspecified atom stereocenters. The molecule has 0 radical (unpaired) electrons. The van der Waals surface area contributed by atoms with Crippen LogP contribution in [0.4, 0.5) is 0 Å². The third-order valence-electron chi connectivity index (χ3n) is 2.01. The van der Waals surface area contributed by atoms with Crippen molar-refractivity contribution < 1.29 is 0 Å². The molecule has 2 heterocycles. The largest absolute Gasteiger partial charge is 0.272 e. The topological polar surface area (TPSA) is 43.6 Å².